The van der Waals surface area contributed by atoms with Gasteiger partial charge in [0.15, 0.2) is 5.65 Å². The second kappa shape index (κ2) is 6.85. The number of nitrogens with one attached hydrogen (secondary N) is 1. The zero-order chi connectivity index (χ0) is 18.0. The molecule has 0 aliphatic carbocycles. The van der Waals surface area contributed by atoms with Crippen LogP contribution in [0.2, 0.25) is 0 Å². The Morgan fingerprint density at radius 1 is 1.40 bits per heavy atom. The third-order valence-corrected chi connectivity index (χ3v) is 4.26. The Balaban J connectivity index is 1.64. The molecule has 1 fully saturated rings. The molecular formula is C17H26N6O2. The van der Waals surface area contributed by atoms with Crippen molar-refractivity contribution in [1.29, 1.82) is 0 Å². The second-order valence-corrected chi connectivity index (χ2v) is 7.54. The van der Waals surface area contributed by atoms with Gasteiger partial charge in [-0.05, 0) is 39.5 Å². The smallest absolute Gasteiger partial charge is 0.407 e. The monoisotopic (exact) mass is 346 g/mol. The van der Waals surface area contributed by atoms with Crippen LogP contribution < -0.4 is 10.2 Å². The highest BCUT2D eigenvalue weighted by Crippen LogP contribution is 2.26. The molecule has 2 aromatic rings. The SMILES string of the molecule is Cn1ncc2c(N3CCC[C@@H](CNC(=O)OC(C)(C)C)C3)ncnc21. The number of aryl methyl sites for hydroxylation is 1. The fourth-order valence-electron chi connectivity index (χ4n) is 3.17. The molecule has 0 unspecified atom stereocenters. The van der Waals surface area contributed by atoms with Gasteiger partial charge in [-0.3, -0.25) is 4.68 Å². The lowest BCUT2D eigenvalue weighted by atomic mass is 9.98. The first-order valence-electron chi connectivity index (χ1n) is 8.68. The molecule has 0 saturated carbocycles. The molecule has 0 bridgehead atoms. The van der Waals surface area contributed by atoms with Gasteiger partial charge in [-0.1, -0.05) is 0 Å². The van der Waals surface area contributed by atoms with E-state index in [1.807, 2.05) is 34.0 Å². The number of anilines is 1. The molecule has 0 spiro atoms. The van der Waals surface area contributed by atoms with Gasteiger partial charge < -0.3 is 15.0 Å². The van der Waals surface area contributed by atoms with Crippen LogP contribution in [0.15, 0.2) is 12.5 Å². The molecule has 1 aliphatic rings. The number of alkyl carbamates (subject to hydrolysis) is 1. The molecule has 0 radical (unpaired) electrons. The normalized spacial score (nSPS) is 18.4. The van der Waals surface area contributed by atoms with Crippen LogP contribution in [-0.2, 0) is 11.8 Å². The number of hydrogen-bond acceptors (Lipinski definition) is 6. The van der Waals surface area contributed by atoms with Crippen LogP contribution >= 0.6 is 0 Å². The van der Waals surface area contributed by atoms with Crippen molar-refractivity contribution in [2.75, 3.05) is 24.5 Å². The maximum Gasteiger partial charge on any atom is 0.407 e. The highest BCUT2D eigenvalue weighted by atomic mass is 16.6. The Morgan fingerprint density at radius 3 is 2.96 bits per heavy atom. The fourth-order valence-corrected chi connectivity index (χ4v) is 3.17. The van der Waals surface area contributed by atoms with E-state index in [-0.39, 0.29) is 6.09 Å². The van der Waals surface area contributed by atoms with Gasteiger partial charge in [0.2, 0.25) is 0 Å². The predicted octanol–water partition coefficient (Wildman–Crippen LogP) is 2.10. The molecule has 1 atom stereocenters. The van der Waals surface area contributed by atoms with Gasteiger partial charge >= 0.3 is 6.09 Å². The summed E-state index contributed by atoms with van der Waals surface area (Å²) in [6.45, 7) is 7.99. The molecule has 8 nitrogen and oxygen atoms in total. The van der Waals surface area contributed by atoms with E-state index >= 15 is 0 Å². The minimum atomic E-state index is -0.477. The Bertz CT molecular complexity index is 751. The minimum absolute atomic E-state index is 0.360. The molecule has 1 amide bonds. The maximum atomic E-state index is 11.9. The van der Waals surface area contributed by atoms with E-state index in [0.29, 0.717) is 12.5 Å². The van der Waals surface area contributed by atoms with E-state index in [1.165, 1.54) is 0 Å². The van der Waals surface area contributed by atoms with E-state index in [2.05, 4.69) is 25.3 Å². The fraction of sp³-hybridized carbons (Fsp3) is 0.647. The van der Waals surface area contributed by atoms with Gasteiger partial charge in [0, 0.05) is 26.7 Å². The van der Waals surface area contributed by atoms with Crippen molar-refractivity contribution < 1.29 is 9.53 Å². The zero-order valence-electron chi connectivity index (χ0n) is 15.3. The van der Waals surface area contributed by atoms with E-state index in [0.717, 1.165) is 42.8 Å². The summed E-state index contributed by atoms with van der Waals surface area (Å²) < 4.78 is 7.06. The lowest BCUT2D eigenvalue weighted by Crippen LogP contribution is -2.42. The number of fused-ring (bicyclic) bond motifs is 1. The molecule has 136 valence electrons. The van der Waals surface area contributed by atoms with Gasteiger partial charge in [-0.2, -0.15) is 5.10 Å². The van der Waals surface area contributed by atoms with Crippen molar-refractivity contribution in [2.24, 2.45) is 13.0 Å². The maximum absolute atomic E-state index is 11.9. The van der Waals surface area contributed by atoms with Gasteiger partial charge in [0.25, 0.3) is 0 Å². The van der Waals surface area contributed by atoms with Crippen LogP contribution in [0.4, 0.5) is 10.6 Å². The first-order chi connectivity index (χ1) is 11.8. The molecule has 0 aromatic carbocycles. The third-order valence-electron chi connectivity index (χ3n) is 4.26. The summed E-state index contributed by atoms with van der Waals surface area (Å²) in [6, 6.07) is 0. The number of piperidine rings is 1. The Kier molecular flexibility index (Phi) is 4.78. The quantitative estimate of drug-likeness (QED) is 0.916. The Morgan fingerprint density at radius 2 is 2.20 bits per heavy atom. The minimum Gasteiger partial charge on any atom is -0.444 e. The highest BCUT2D eigenvalue weighted by molar-refractivity contribution is 5.86. The molecule has 3 rings (SSSR count). The van der Waals surface area contributed by atoms with Gasteiger partial charge in [-0.15, -0.1) is 0 Å². The molecule has 25 heavy (non-hydrogen) atoms. The van der Waals surface area contributed by atoms with Crippen LogP contribution in [0, 0.1) is 5.92 Å². The predicted molar refractivity (Wildman–Crippen MR) is 95.5 cm³/mol. The average molecular weight is 346 g/mol. The zero-order valence-corrected chi connectivity index (χ0v) is 15.3. The summed E-state index contributed by atoms with van der Waals surface area (Å²) in [5.74, 6) is 1.28. The molecule has 1 N–H and O–H groups in total. The molecular weight excluding hydrogens is 320 g/mol. The van der Waals surface area contributed by atoms with Gasteiger partial charge in [0.05, 0.1) is 11.6 Å². The van der Waals surface area contributed by atoms with Gasteiger partial charge in [-0.25, -0.2) is 14.8 Å². The van der Waals surface area contributed by atoms with E-state index in [4.69, 9.17) is 4.74 Å². The number of hydrogen-bond donors (Lipinski definition) is 1. The average Bonchev–Trinajstić information content (AvgIpc) is 2.93. The number of carbonyl (C=O) groups excluding carboxylic acids is 1. The summed E-state index contributed by atoms with van der Waals surface area (Å²) in [5, 5.41) is 8.13. The summed E-state index contributed by atoms with van der Waals surface area (Å²) >= 11 is 0. The molecule has 1 aliphatic heterocycles. The number of amides is 1. The standard InChI is InChI=1S/C17H26N6O2/c1-17(2,3)25-16(24)18-8-12-6-5-7-23(10-12)15-13-9-21-22(4)14(13)19-11-20-15/h9,11-12H,5-8,10H2,1-4H3,(H,18,24)/t12-/m0/s1. The number of carbonyl (C=O) groups is 1. The number of nitrogens with zero attached hydrogens (tertiary/aromatic N) is 5. The third kappa shape index (κ3) is 4.18. The van der Waals surface area contributed by atoms with Crippen LogP contribution in [0.25, 0.3) is 11.0 Å². The van der Waals surface area contributed by atoms with Crippen LogP contribution in [0.1, 0.15) is 33.6 Å². The summed E-state index contributed by atoms with van der Waals surface area (Å²) in [5.41, 5.74) is 0.356. The van der Waals surface area contributed by atoms with Crippen molar-refractivity contribution in [2.45, 2.75) is 39.2 Å². The molecule has 3 heterocycles. The number of aromatic nitrogens is 4. The molecule has 2 aromatic heterocycles. The van der Waals surface area contributed by atoms with Crippen molar-refractivity contribution in [1.82, 2.24) is 25.1 Å². The van der Waals surface area contributed by atoms with E-state index in [1.54, 1.807) is 11.0 Å². The summed E-state index contributed by atoms with van der Waals surface area (Å²) in [4.78, 5) is 22.9. The Labute approximate surface area is 147 Å². The highest BCUT2D eigenvalue weighted by Gasteiger charge is 2.24. The molecule has 8 heteroatoms. The first-order valence-corrected chi connectivity index (χ1v) is 8.68. The van der Waals surface area contributed by atoms with Crippen molar-refractivity contribution in [3.8, 4) is 0 Å². The first kappa shape index (κ1) is 17.4. The number of ether oxygens (including phenoxy) is 1. The largest absolute Gasteiger partial charge is 0.444 e. The topological polar surface area (TPSA) is 85.2 Å². The van der Waals surface area contributed by atoms with Crippen molar-refractivity contribution in [3.05, 3.63) is 12.5 Å². The number of rotatable bonds is 3. The van der Waals surface area contributed by atoms with Crippen LogP contribution in [-0.4, -0.2) is 51.1 Å². The van der Waals surface area contributed by atoms with E-state index < -0.39 is 5.60 Å². The van der Waals surface area contributed by atoms with Crippen molar-refractivity contribution in [3.63, 3.8) is 0 Å². The summed E-state index contributed by atoms with van der Waals surface area (Å²) in [7, 11) is 1.88. The second-order valence-electron chi connectivity index (χ2n) is 7.54. The molecule has 1 saturated heterocycles. The van der Waals surface area contributed by atoms with Crippen molar-refractivity contribution >= 4 is 22.9 Å². The lowest BCUT2D eigenvalue weighted by Gasteiger charge is -2.34. The van der Waals surface area contributed by atoms with Gasteiger partial charge in [0.1, 0.15) is 17.7 Å². The Hall–Kier alpha value is -2.38. The summed E-state index contributed by atoms with van der Waals surface area (Å²) in [6.07, 6.45) is 5.18. The van der Waals surface area contributed by atoms with Crippen LogP contribution in [0.5, 0.6) is 0 Å². The van der Waals surface area contributed by atoms with Crippen LogP contribution in [0.3, 0.4) is 0 Å². The lowest BCUT2D eigenvalue weighted by molar-refractivity contribution is 0.0517. The van der Waals surface area contributed by atoms with E-state index in [9.17, 15) is 4.79 Å².